The number of amides is 1. The van der Waals surface area contributed by atoms with Crippen molar-refractivity contribution in [1.82, 2.24) is 15.1 Å². The summed E-state index contributed by atoms with van der Waals surface area (Å²) in [6, 6.07) is 0. The van der Waals surface area contributed by atoms with Crippen LogP contribution in [-0.2, 0) is 22.4 Å². The van der Waals surface area contributed by atoms with E-state index in [1.807, 2.05) is 13.8 Å². The van der Waals surface area contributed by atoms with Gasteiger partial charge in [0.2, 0.25) is 0 Å². The van der Waals surface area contributed by atoms with Gasteiger partial charge in [0.05, 0.1) is 36.7 Å². The summed E-state index contributed by atoms with van der Waals surface area (Å²) >= 11 is 0. The Hall–Kier alpha value is -1.44. The van der Waals surface area contributed by atoms with Gasteiger partial charge in [0.1, 0.15) is 5.69 Å². The fourth-order valence-corrected chi connectivity index (χ4v) is 2.77. The molecule has 0 aromatic carbocycles. The number of carbonyl (C=O) groups excluding carboxylic acids is 1. The zero-order chi connectivity index (χ0) is 17.2. The Morgan fingerprint density at radius 1 is 1.52 bits per heavy atom. The number of ether oxygens (including phenoxy) is 2. The van der Waals surface area contributed by atoms with Gasteiger partial charge in [0, 0.05) is 25.6 Å². The molecule has 0 bridgehead atoms. The van der Waals surface area contributed by atoms with Crippen LogP contribution in [0.25, 0.3) is 0 Å². The second-order valence-corrected chi connectivity index (χ2v) is 6.72. The van der Waals surface area contributed by atoms with Crippen molar-refractivity contribution in [2.24, 2.45) is 0 Å². The van der Waals surface area contributed by atoms with E-state index in [9.17, 15) is 9.90 Å². The van der Waals surface area contributed by atoms with Crippen LogP contribution < -0.4 is 5.32 Å². The fourth-order valence-electron chi connectivity index (χ4n) is 2.77. The molecule has 2 N–H and O–H groups in total. The second kappa shape index (κ2) is 6.98. The lowest BCUT2D eigenvalue weighted by atomic mass is 9.99. The van der Waals surface area contributed by atoms with Crippen LogP contribution in [-0.4, -0.2) is 52.8 Å². The predicted octanol–water partition coefficient (Wildman–Crippen LogP) is 1.05. The zero-order valence-electron chi connectivity index (χ0n) is 14.5. The molecule has 7 heteroatoms. The number of methoxy groups -OCH3 is 1. The fraction of sp³-hybridized carbons (Fsp3) is 0.750. The van der Waals surface area contributed by atoms with Crippen LogP contribution in [0.2, 0.25) is 0 Å². The number of hydrogen-bond donors (Lipinski definition) is 2. The molecule has 1 aromatic heterocycles. The molecule has 0 unspecified atom stereocenters. The van der Waals surface area contributed by atoms with Crippen LogP contribution in [0.5, 0.6) is 0 Å². The maximum Gasteiger partial charge on any atom is 0.269 e. The van der Waals surface area contributed by atoms with Gasteiger partial charge in [-0.1, -0.05) is 0 Å². The van der Waals surface area contributed by atoms with Crippen molar-refractivity contribution < 1.29 is 19.4 Å². The molecule has 2 atom stereocenters. The highest BCUT2D eigenvalue weighted by Gasteiger charge is 2.32. The molecular weight excluding hydrogens is 298 g/mol. The zero-order valence-corrected chi connectivity index (χ0v) is 14.5. The molecule has 0 fully saturated rings. The van der Waals surface area contributed by atoms with Gasteiger partial charge in [-0.15, -0.1) is 0 Å². The van der Waals surface area contributed by atoms with Crippen LogP contribution in [0.4, 0.5) is 0 Å². The van der Waals surface area contributed by atoms with Gasteiger partial charge in [-0.05, 0) is 27.7 Å². The Labute approximate surface area is 137 Å². The lowest BCUT2D eigenvalue weighted by molar-refractivity contribution is -0.00718. The first-order valence-corrected chi connectivity index (χ1v) is 7.97. The van der Waals surface area contributed by atoms with Gasteiger partial charge in [0.25, 0.3) is 5.91 Å². The Balaban J connectivity index is 2.33. The molecule has 23 heavy (non-hydrogen) atoms. The van der Waals surface area contributed by atoms with Crippen LogP contribution in [0.15, 0.2) is 0 Å². The topological polar surface area (TPSA) is 85.6 Å². The number of carbonyl (C=O) groups is 1. The van der Waals surface area contributed by atoms with Gasteiger partial charge in [-0.3, -0.25) is 9.48 Å². The number of aliphatic hydroxyl groups is 1. The third-order valence-electron chi connectivity index (χ3n) is 3.80. The van der Waals surface area contributed by atoms with E-state index in [0.717, 1.165) is 11.3 Å². The van der Waals surface area contributed by atoms with E-state index in [1.54, 1.807) is 25.6 Å². The molecule has 1 amide bonds. The smallest absolute Gasteiger partial charge is 0.269 e. The first-order valence-electron chi connectivity index (χ1n) is 7.97. The molecule has 0 aliphatic carbocycles. The molecular formula is C16H27N3O4. The minimum absolute atomic E-state index is 0.0402. The summed E-state index contributed by atoms with van der Waals surface area (Å²) in [5.41, 5.74) is 1.33. The molecule has 2 heterocycles. The molecule has 0 radical (unpaired) electrons. The summed E-state index contributed by atoms with van der Waals surface area (Å²) in [5.74, 6) is -0.224. The number of hydrogen-bond acceptors (Lipinski definition) is 5. The summed E-state index contributed by atoms with van der Waals surface area (Å²) in [7, 11) is 1.62. The normalized spacial score (nSPS) is 21.1. The summed E-state index contributed by atoms with van der Waals surface area (Å²) in [6.07, 6.45) is 0.551. The van der Waals surface area contributed by atoms with Crippen molar-refractivity contribution >= 4 is 5.91 Å². The molecule has 1 aliphatic rings. The quantitative estimate of drug-likeness (QED) is 0.816. The van der Waals surface area contributed by atoms with Crippen LogP contribution in [0.1, 0.15) is 55.5 Å². The Morgan fingerprint density at radius 2 is 2.22 bits per heavy atom. The molecule has 130 valence electrons. The summed E-state index contributed by atoms with van der Waals surface area (Å²) < 4.78 is 12.6. The molecule has 0 spiro atoms. The lowest BCUT2D eigenvalue weighted by Gasteiger charge is -2.25. The molecule has 1 aromatic rings. The highest BCUT2D eigenvalue weighted by molar-refractivity contribution is 5.94. The highest BCUT2D eigenvalue weighted by Crippen LogP contribution is 2.31. The first kappa shape index (κ1) is 17.9. The van der Waals surface area contributed by atoms with Crippen LogP contribution >= 0.6 is 0 Å². The predicted molar refractivity (Wildman–Crippen MR) is 85.4 cm³/mol. The van der Waals surface area contributed by atoms with E-state index in [1.165, 1.54) is 0 Å². The van der Waals surface area contributed by atoms with E-state index in [2.05, 4.69) is 10.4 Å². The minimum Gasteiger partial charge on any atom is -0.389 e. The largest absolute Gasteiger partial charge is 0.389 e. The van der Waals surface area contributed by atoms with Crippen molar-refractivity contribution in [3.8, 4) is 0 Å². The van der Waals surface area contributed by atoms with Crippen molar-refractivity contribution in [1.29, 1.82) is 0 Å². The molecule has 0 saturated heterocycles. The maximum atomic E-state index is 12.7. The summed E-state index contributed by atoms with van der Waals surface area (Å²) in [6.45, 7) is 8.39. The van der Waals surface area contributed by atoms with E-state index in [4.69, 9.17) is 9.47 Å². The van der Waals surface area contributed by atoms with Gasteiger partial charge >= 0.3 is 0 Å². The monoisotopic (exact) mass is 325 g/mol. The van der Waals surface area contributed by atoms with E-state index < -0.39 is 5.60 Å². The van der Waals surface area contributed by atoms with Crippen molar-refractivity contribution in [3.63, 3.8) is 0 Å². The second-order valence-electron chi connectivity index (χ2n) is 6.72. The molecule has 0 saturated carbocycles. The number of rotatable bonds is 6. The van der Waals surface area contributed by atoms with E-state index >= 15 is 0 Å². The number of nitrogens with one attached hydrogen (secondary N) is 1. The maximum absolute atomic E-state index is 12.7. The SMILES string of the molecule is COCCn1nc2c(c1C(=O)NCC(C)(C)O)C[C@H](C)O[C@@H]2C. The van der Waals surface area contributed by atoms with Crippen LogP contribution in [0.3, 0.4) is 0 Å². The van der Waals surface area contributed by atoms with Crippen molar-refractivity contribution in [3.05, 3.63) is 17.0 Å². The Morgan fingerprint density at radius 3 is 2.83 bits per heavy atom. The molecule has 1 aliphatic heterocycles. The molecule has 2 rings (SSSR count). The van der Waals surface area contributed by atoms with Gasteiger partial charge in [-0.2, -0.15) is 5.10 Å². The van der Waals surface area contributed by atoms with E-state index in [0.29, 0.717) is 25.3 Å². The van der Waals surface area contributed by atoms with Crippen molar-refractivity contribution in [2.75, 3.05) is 20.3 Å². The average Bonchev–Trinajstić information content (AvgIpc) is 2.80. The standard InChI is InChI=1S/C16H27N3O4/c1-10-8-12-13(11(2)23-10)18-19(6-7-22-5)14(12)15(20)17-9-16(3,4)21/h10-11,21H,6-9H2,1-5H3,(H,17,20)/t10-,11+/m0/s1. The Bertz CT molecular complexity index is 562. The number of fused-ring (bicyclic) bond motifs is 1. The number of aromatic nitrogens is 2. The molecule has 7 nitrogen and oxygen atoms in total. The third kappa shape index (κ3) is 4.31. The van der Waals surface area contributed by atoms with Gasteiger partial charge < -0.3 is 19.9 Å². The van der Waals surface area contributed by atoms with E-state index in [-0.39, 0.29) is 24.7 Å². The highest BCUT2D eigenvalue weighted by atomic mass is 16.5. The Kier molecular flexibility index (Phi) is 5.44. The minimum atomic E-state index is -0.962. The number of nitrogens with zero attached hydrogens (tertiary/aromatic N) is 2. The van der Waals surface area contributed by atoms with Crippen LogP contribution in [0, 0.1) is 0 Å². The average molecular weight is 325 g/mol. The van der Waals surface area contributed by atoms with Crippen molar-refractivity contribution in [2.45, 2.75) is 58.5 Å². The lowest BCUT2D eigenvalue weighted by Crippen LogP contribution is -2.39. The first-order chi connectivity index (χ1) is 10.7. The summed E-state index contributed by atoms with van der Waals surface area (Å²) in [5, 5.41) is 17.2. The van der Waals surface area contributed by atoms with Gasteiger partial charge in [-0.25, -0.2) is 0 Å². The van der Waals surface area contributed by atoms with Gasteiger partial charge in [0.15, 0.2) is 0 Å². The summed E-state index contributed by atoms with van der Waals surface area (Å²) in [4.78, 5) is 12.7. The third-order valence-corrected chi connectivity index (χ3v) is 3.80.